The Hall–Kier alpha value is -2.08. The lowest BCUT2D eigenvalue weighted by Crippen LogP contribution is -2.32. The molecule has 1 heterocycles. The lowest BCUT2D eigenvalue weighted by molar-refractivity contribution is -0.150. The van der Waals surface area contributed by atoms with E-state index in [1.807, 2.05) is 26.8 Å². The molecule has 0 fully saturated rings. The van der Waals surface area contributed by atoms with Crippen molar-refractivity contribution >= 4 is 12.1 Å². The predicted octanol–water partition coefficient (Wildman–Crippen LogP) is 2.14. The van der Waals surface area contributed by atoms with Gasteiger partial charge in [-0.1, -0.05) is 13.8 Å². The van der Waals surface area contributed by atoms with Gasteiger partial charge < -0.3 is 19.7 Å². The van der Waals surface area contributed by atoms with Crippen LogP contribution in [0.3, 0.4) is 0 Å². The van der Waals surface area contributed by atoms with Gasteiger partial charge in [0.05, 0.1) is 0 Å². The standard InChI is InChI=1S/C15H18O6/c1-4-8-6-10-11(16)13(14(17)21-15(18)19)20-12(10)7(3)9(8)5-2/h6,11,13,16H,4-5H2,1-3H3,(H,18,19). The minimum Gasteiger partial charge on any atom is -0.475 e. The summed E-state index contributed by atoms with van der Waals surface area (Å²) in [6.45, 7) is 5.91. The van der Waals surface area contributed by atoms with Crippen molar-refractivity contribution in [3.63, 3.8) is 0 Å². The first-order valence-electron chi connectivity index (χ1n) is 6.85. The van der Waals surface area contributed by atoms with Gasteiger partial charge in [-0.25, -0.2) is 9.59 Å². The summed E-state index contributed by atoms with van der Waals surface area (Å²) in [5, 5.41) is 18.7. The molecule has 1 aromatic carbocycles. The van der Waals surface area contributed by atoms with Gasteiger partial charge in [0.2, 0.25) is 6.10 Å². The van der Waals surface area contributed by atoms with E-state index >= 15 is 0 Å². The van der Waals surface area contributed by atoms with Crippen LogP contribution in [0.5, 0.6) is 5.75 Å². The second kappa shape index (κ2) is 5.73. The van der Waals surface area contributed by atoms with Gasteiger partial charge in [0.25, 0.3) is 0 Å². The Bertz CT molecular complexity index is 592. The Morgan fingerprint density at radius 1 is 1.33 bits per heavy atom. The van der Waals surface area contributed by atoms with Gasteiger partial charge in [0.1, 0.15) is 11.9 Å². The minimum atomic E-state index is -1.72. The molecule has 21 heavy (non-hydrogen) atoms. The number of hydrogen-bond donors (Lipinski definition) is 2. The number of aliphatic hydroxyl groups is 1. The Kier molecular flexibility index (Phi) is 4.18. The molecule has 1 aromatic rings. The molecule has 1 aliphatic heterocycles. The van der Waals surface area contributed by atoms with Crippen molar-refractivity contribution in [3.05, 3.63) is 28.3 Å². The van der Waals surface area contributed by atoms with Crippen LogP contribution in [0.2, 0.25) is 0 Å². The molecule has 1 aliphatic rings. The number of esters is 1. The molecule has 0 aliphatic carbocycles. The third-order valence-corrected chi connectivity index (χ3v) is 3.78. The second-order valence-electron chi connectivity index (χ2n) is 4.93. The average molecular weight is 294 g/mol. The topological polar surface area (TPSA) is 93.1 Å². The maximum Gasteiger partial charge on any atom is 0.513 e. The van der Waals surface area contributed by atoms with E-state index in [-0.39, 0.29) is 0 Å². The SMILES string of the molecule is CCc1cc2c(c(C)c1CC)OC(C(=O)OC(=O)O)C2O. The van der Waals surface area contributed by atoms with Crippen LogP contribution >= 0.6 is 0 Å². The van der Waals surface area contributed by atoms with Crippen molar-refractivity contribution in [1.29, 1.82) is 0 Å². The molecule has 0 spiro atoms. The van der Waals surface area contributed by atoms with Crippen LogP contribution < -0.4 is 4.74 Å². The van der Waals surface area contributed by atoms with Crippen molar-refractivity contribution in [2.24, 2.45) is 0 Å². The number of carbonyl (C=O) groups is 2. The number of carbonyl (C=O) groups excluding carboxylic acids is 1. The zero-order chi connectivity index (χ0) is 15.7. The second-order valence-corrected chi connectivity index (χ2v) is 4.93. The molecule has 0 saturated carbocycles. The van der Waals surface area contributed by atoms with E-state index in [1.165, 1.54) is 0 Å². The van der Waals surface area contributed by atoms with Gasteiger partial charge in [-0.3, -0.25) is 0 Å². The van der Waals surface area contributed by atoms with E-state index in [4.69, 9.17) is 9.84 Å². The summed E-state index contributed by atoms with van der Waals surface area (Å²) in [4.78, 5) is 22.1. The molecule has 0 amide bonds. The zero-order valence-corrected chi connectivity index (χ0v) is 12.2. The Labute approximate surface area is 122 Å². The highest BCUT2D eigenvalue weighted by atomic mass is 16.7. The van der Waals surface area contributed by atoms with Crippen molar-refractivity contribution in [3.8, 4) is 5.75 Å². The maximum atomic E-state index is 11.7. The Balaban J connectivity index is 2.41. The fourth-order valence-corrected chi connectivity index (χ4v) is 2.79. The molecule has 2 atom stereocenters. The maximum absolute atomic E-state index is 11.7. The molecule has 6 nitrogen and oxygen atoms in total. The number of aryl methyl sites for hydroxylation is 1. The van der Waals surface area contributed by atoms with E-state index in [9.17, 15) is 14.7 Å². The molecule has 2 rings (SSSR count). The fourth-order valence-electron chi connectivity index (χ4n) is 2.79. The van der Waals surface area contributed by atoms with Gasteiger partial charge in [0, 0.05) is 5.56 Å². The number of benzene rings is 1. The van der Waals surface area contributed by atoms with Crippen molar-refractivity contribution < 1.29 is 29.3 Å². The fraction of sp³-hybridized carbons (Fsp3) is 0.467. The summed E-state index contributed by atoms with van der Waals surface area (Å²) in [6.07, 6.45) is -2.67. The number of hydrogen-bond acceptors (Lipinski definition) is 5. The van der Waals surface area contributed by atoms with Gasteiger partial charge in [0.15, 0.2) is 0 Å². The third kappa shape index (κ3) is 2.58. The van der Waals surface area contributed by atoms with Gasteiger partial charge >= 0.3 is 12.1 Å². The first-order chi connectivity index (χ1) is 9.90. The molecule has 0 bridgehead atoms. The van der Waals surface area contributed by atoms with E-state index < -0.39 is 24.3 Å². The van der Waals surface area contributed by atoms with Gasteiger partial charge in [-0.05, 0) is 42.5 Å². The molecule has 114 valence electrons. The molecule has 2 unspecified atom stereocenters. The molecule has 0 radical (unpaired) electrons. The van der Waals surface area contributed by atoms with Crippen LogP contribution in [-0.4, -0.2) is 28.4 Å². The highest BCUT2D eigenvalue weighted by Gasteiger charge is 2.41. The van der Waals surface area contributed by atoms with Crippen LogP contribution in [0.15, 0.2) is 6.07 Å². The van der Waals surface area contributed by atoms with Gasteiger partial charge in [-0.2, -0.15) is 0 Å². The normalized spacial score (nSPS) is 19.8. The van der Waals surface area contributed by atoms with Gasteiger partial charge in [-0.15, -0.1) is 0 Å². The smallest absolute Gasteiger partial charge is 0.475 e. The van der Waals surface area contributed by atoms with Crippen LogP contribution in [0.1, 0.15) is 42.2 Å². The monoisotopic (exact) mass is 294 g/mol. The number of aliphatic hydroxyl groups excluding tert-OH is 1. The first-order valence-corrected chi connectivity index (χ1v) is 6.85. The van der Waals surface area contributed by atoms with E-state index in [1.54, 1.807) is 0 Å². The predicted molar refractivity (Wildman–Crippen MR) is 73.4 cm³/mol. The Morgan fingerprint density at radius 3 is 2.52 bits per heavy atom. The van der Waals surface area contributed by atoms with E-state index in [0.29, 0.717) is 11.3 Å². The van der Waals surface area contributed by atoms with E-state index in [2.05, 4.69) is 4.74 Å². The first kappa shape index (κ1) is 15.3. The van der Waals surface area contributed by atoms with Crippen LogP contribution in [0, 0.1) is 6.92 Å². The summed E-state index contributed by atoms with van der Waals surface area (Å²) in [5.74, 6) is -0.661. The largest absolute Gasteiger partial charge is 0.513 e. The third-order valence-electron chi connectivity index (χ3n) is 3.78. The minimum absolute atomic E-state index is 0.448. The molecule has 6 heteroatoms. The van der Waals surface area contributed by atoms with Crippen LogP contribution in [0.4, 0.5) is 4.79 Å². The van der Waals surface area contributed by atoms with Crippen LogP contribution in [-0.2, 0) is 22.4 Å². The molecule has 0 aromatic heterocycles. The van der Waals surface area contributed by atoms with Crippen molar-refractivity contribution in [2.45, 2.75) is 45.8 Å². The molecule has 2 N–H and O–H groups in total. The lowest BCUT2D eigenvalue weighted by atomic mass is 9.92. The molecular weight excluding hydrogens is 276 g/mol. The Morgan fingerprint density at radius 2 is 2.00 bits per heavy atom. The zero-order valence-electron chi connectivity index (χ0n) is 12.2. The highest BCUT2D eigenvalue weighted by molar-refractivity contribution is 5.86. The average Bonchev–Trinajstić information content (AvgIpc) is 2.75. The molecule has 0 saturated heterocycles. The summed E-state index contributed by atoms with van der Waals surface area (Å²) >= 11 is 0. The number of carboxylic acid groups (broad SMARTS) is 1. The summed E-state index contributed by atoms with van der Waals surface area (Å²) in [7, 11) is 0. The molecular formula is C15H18O6. The quantitative estimate of drug-likeness (QED) is 0.655. The summed E-state index contributed by atoms with van der Waals surface area (Å²) in [5.41, 5.74) is 3.59. The van der Waals surface area contributed by atoms with Crippen LogP contribution in [0.25, 0.3) is 0 Å². The number of rotatable bonds is 3. The number of fused-ring (bicyclic) bond motifs is 1. The highest BCUT2D eigenvalue weighted by Crippen LogP contribution is 2.42. The summed E-state index contributed by atoms with van der Waals surface area (Å²) < 4.78 is 9.55. The van der Waals surface area contributed by atoms with E-state index in [0.717, 1.165) is 29.5 Å². The lowest BCUT2D eigenvalue weighted by Gasteiger charge is -2.14. The van der Waals surface area contributed by atoms with Crippen molar-refractivity contribution in [1.82, 2.24) is 0 Å². The number of ether oxygens (including phenoxy) is 2. The van der Waals surface area contributed by atoms with Crippen molar-refractivity contribution in [2.75, 3.05) is 0 Å². The summed E-state index contributed by atoms with van der Waals surface area (Å²) in [6, 6.07) is 1.82.